The second kappa shape index (κ2) is 9.87. The maximum Gasteiger partial charge on any atom is 0.308 e. The molecular formula is C18H30N2O6. The van der Waals surface area contributed by atoms with Crippen molar-refractivity contribution in [3.8, 4) is 0 Å². The van der Waals surface area contributed by atoms with Gasteiger partial charge in [0.25, 0.3) is 6.47 Å². The molecule has 1 spiro atoms. The van der Waals surface area contributed by atoms with E-state index < -0.39 is 11.9 Å². The van der Waals surface area contributed by atoms with Crippen LogP contribution in [-0.2, 0) is 19.1 Å². The number of hydrogen-bond acceptors (Lipinski definition) is 5. The first-order valence-electron chi connectivity index (χ1n) is 9.41. The number of nitrogens with zero attached hydrogens (tertiary/aromatic N) is 2. The van der Waals surface area contributed by atoms with E-state index in [-0.39, 0.29) is 17.8 Å². The predicted molar refractivity (Wildman–Crippen MR) is 93.8 cm³/mol. The van der Waals surface area contributed by atoms with Crippen molar-refractivity contribution < 1.29 is 29.3 Å². The highest BCUT2D eigenvalue weighted by atomic mass is 16.5. The zero-order valence-electron chi connectivity index (χ0n) is 15.3. The number of carbonyl (C=O) groups is 3. The van der Waals surface area contributed by atoms with Crippen molar-refractivity contribution in [3.05, 3.63) is 0 Å². The fraction of sp³-hybridized carbons (Fsp3) is 0.833. The van der Waals surface area contributed by atoms with Crippen molar-refractivity contribution >= 4 is 18.3 Å². The van der Waals surface area contributed by atoms with Crippen LogP contribution >= 0.6 is 0 Å². The van der Waals surface area contributed by atoms with Crippen LogP contribution in [0, 0.1) is 11.3 Å². The van der Waals surface area contributed by atoms with Crippen LogP contribution in [0.4, 0.5) is 0 Å². The molecule has 0 aromatic heterocycles. The summed E-state index contributed by atoms with van der Waals surface area (Å²) in [5, 5.41) is 16.5. The van der Waals surface area contributed by atoms with Gasteiger partial charge in [-0.1, -0.05) is 12.8 Å². The number of carbonyl (C=O) groups excluding carboxylic acids is 1. The summed E-state index contributed by atoms with van der Waals surface area (Å²) in [5.74, 6) is -1.11. The summed E-state index contributed by atoms with van der Waals surface area (Å²) in [6.45, 7) is 4.33. The molecule has 2 N–H and O–H groups in total. The number of aliphatic carboxylic acids is 1. The van der Waals surface area contributed by atoms with Crippen LogP contribution < -0.4 is 0 Å². The van der Waals surface area contributed by atoms with Gasteiger partial charge in [-0.3, -0.25) is 19.3 Å². The quantitative estimate of drug-likeness (QED) is 0.711. The van der Waals surface area contributed by atoms with Gasteiger partial charge in [0.05, 0.1) is 12.5 Å². The highest BCUT2D eigenvalue weighted by molar-refractivity contribution is 5.81. The van der Waals surface area contributed by atoms with E-state index in [0.29, 0.717) is 32.8 Å². The lowest BCUT2D eigenvalue weighted by Crippen LogP contribution is -2.42. The molecule has 0 bridgehead atoms. The fourth-order valence-corrected chi connectivity index (χ4v) is 4.37. The van der Waals surface area contributed by atoms with E-state index in [0.717, 1.165) is 38.8 Å². The van der Waals surface area contributed by atoms with Crippen LogP contribution in [-0.4, -0.2) is 84.3 Å². The van der Waals surface area contributed by atoms with Gasteiger partial charge in [0.15, 0.2) is 0 Å². The molecule has 3 saturated heterocycles. The minimum absolute atomic E-state index is 0.0986. The van der Waals surface area contributed by atoms with Crippen molar-refractivity contribution in [3.63, 3.8) is 0 Å². The SMILES string of the molecule is O=C(O)C1CN(C(=O)CN2CCCCCC2)CC12CCOCC2.O=CO. The zero-order valence-corrected chi connectivity index (χ0v) is 15.3. The van der Waals surface area contributed by atoms with Gasteiger partial charge < -0.3 is 19.8 Å². The standard InChI is InChI=1S/C17H28N2O4.CH2O2/c20-15(12-18-7-3-1-2-4-8-18)19-11-14(16(21)22)17(13-19)5-9-23-10-6-17;2-1-3/h14H,1-13H2,(H,21,22);1H,(H,2,3). The Hall–Kier alpha value is -1.67. The number of carboxylic acid groups (broad SMARTS) is 2. The maximum absolute atomic E-state index is 12.7. The summed E-state index contributed by atoms with van der Waals surface area (Å²) >= 11 is 0. The number of hydrogen-bond donors (Lipinski definition) is 2. The lowest BCUT2D eigenvalue weighted by molar-refractivity contribution is -0.147. The lowest BCUT2D eigenvalue weighted by Gasteiger charge is -2.36. The number of ether oxygens (including phenoxy) is 1. The van der Waals surface area contributed by atoms with Gasteiger partial charge in [-0.2, -0.15) is 0 Å². The third-order valence-electron chi connectivity index (χ3n) is 5.84. The third-order valence-corrected chi connectivity index (χ3v) is 5.84. The van der Waals surface area contributed by atoms with E-state index in [1.165, 1.54) is 12.8 Å². The fourth-order valence-electron chi connectivity index (χ4n) is 4.37. The summed E-state index contributed by atoms with van der Waals surface area (Å²) < 4.78 is 5.41. The minimum Gasteiger partial charge on any atom is -0.483 e. The molecule has 3 aliphatic heterocycles. The Morgan fingerprint density at radius 2 is 1.69 bits per heavy atom. The van der Waals surface area contributed by atoms with Crippen molar-refractivity contribution in [1.82, 2.24) is 9.80 Å². The van der Waals surface area contributed by atoms with E-state index in [9.17, 15) is 14.7 Å². The Bertz CT molecular complexity index is 484. The number of carboxylic acids is 1. The zero-order chi connectivity index (χ0) is 19.0. The summed E-state index contributed by atoms with van der Waals surface area (Å²) in [5.41, 5.74) is -0.279. The Morgan fingerprint density at radius 1 is 1.12 bits per heavy atom. The van der Waals surface area contributed by atoms with E-state index in [2.05, 4.69) is 4.90 Å². The molecule has 3 heterocycles. The number of rotatable bonds is 3. The third kappa shape index (κ3) is 5.17. The minimum atomic E-state index is -0.767. The van der Waals surface area contributed by atoms with Gasteiger partial charge in [0, 0.05) is 31.7 Å². The summed E-state index contributed by atoms with van der Waals surface area (Å²) in [6.07, 6.45) is 6.31. The summed E-state index contributed by atoms with van der Waals surface area (Å²) in [4.78, 5) is 36.8. The predicted octanol–water partition coefficient (Wildman–Crippen LogP) is 0.903. The van der Waals surface area contributed by atoms with Crippen LogP contribution in [0.5, 0.6) is 0 Å². The van der Waals surface area contributed by atoms with Crippen LogP contribution in [0.1, 0.15) is 38.5 Å². The molecule has 0 radical (unpaired) electrons. The number of amides is 1. The molecule has 0 saturated carbocycles. The largest absolute Gasteiger partial charge is 0.483 e. The van der Waals surface area contributed by atoms with Crippen LogP contribution in [0.15, 0.2) is 0 Å². The van der Waals surface area contributed by atoms with Crippen LogP contribution in [0.2, 0.25) is 0 Å². The molecule has 3 rings (SSSR count). The monoisotopic (exact) mass is 370 g/mol. The highest BCUT2D eigenvalue weighted by Crippen LogP contribution is 2.44. The average Bonchev–Trinajstić information content (AvgIpc) is 2.79. The van der Waals surface area contributed by atoms with Gasteiger partial charge in [-0.25, -0.2) is 0 Å². The smallest absolute Gasteiger partial charge is 0.308 e. The van der Waals surface area contributed by atoms with Gasteiger partial charge >= 0.3 is 5.97 Å². The average molecular weight is 370 g/mol. The second-order valence-electron chi connectivity index (χ2n) is 7.44. The van der Waals surface area contributed by atoms with Crippen LogP contribution in [0.25, 0.3) is 0 Å². The highest BCUT2D eigenvalue weighted by Gasteiger charge is 2.51. The van der Waals surface area contributed by atoms with Crippen molar-refractivity contribution in [2.75, 3.05) is 45.9 Å². The lowest BCUT2D eigenvalue weighted by atomic mass is 9.72. The Kier molecular flexibility index (Phi) is 7.84. The van der Waals surface area contributed by atoms with Crippen molar-refractivity contribution in [2.45, 2.75) is 38.5 Å². The van der Waals surface area contributed by atoms with E-state index in [4.69, 9.17) is 14.6 Å². The van der Waals surface area contributed by atoms with Crippen molar-refractivity contribution in [1.29, 1.82) is 0 Å². The molecule has 1 unspecified atom stereocenters. The molecule has 148 valence electrons. The van der Waals surface area contributed by atoms with Gasteiger partial charge in [-0.15, -0.1) is 0 Å². The van der Waals surface area contributed by atoms with Crippen molar-refractivity contribution in [2.24, 2.45) is 11.3 Å². The molecule has 8 heteroatoms. The Labute approximate surface area is 154 Å². The van der Waals surface area contributed by atoms with E-state index in [1.54, 1.807) is 4.90 Å². The second-order valence-corrected chi connectivity index (χ2v) is 7.44. The van der Waals surface area contributed by atoms with Crippen LogP contribution in [0.3, 0.4) is 0 Å². The van der Waals surface area contributed by atoms with Gasteiger partial charge in [-0.05, 0) is 38.8 Å². The molecule has 1 amide bonds. The molecule has 0 aromatic rings. The normalized spacial score (nSPS) is 25.8. The van der Waals surface area contributed by atoms with Gasteiger partial charge in [0.2, 0.25) is 5.91 Å². The number of likely N-dealkylation sites (tertiary alicyclic amines) is 2. The molecular weight excluding hydrogens is 340 g/mol. The summed E-state index contributed by atoms with van der Waals surface area (Å²) in [7, 11) is 0. The Balaban J connectivity index is 0.000000758. The topological polar surface area (TPSA) is 107 Å². The van der Waals surface area contributed by atoms with Gasteiger partial charge in [0.1, 0.15) is 0 Å². The molecule has 3 fully saturated rings. The maximum atomic E-state index is 12.7. The van der Waals surface area contributed by atoms with E-state index >= 15 is 0 Å². The first-order chi connectivity index (χ1) is 12.5. The molecule has 26 heavy (non-hydrogen) atoms. The molecule has 8 nitrogen and oxygen atoms in total. The molecule has 3 aliphatic rings. The summed E-state index contributed by atoms with van der Waals surface area (Å²) in [6, 6.07) is 0. The molecule has 0 aliphatic carbocycles. The van der Waals surface area contributed by atoms with E-state index in [1.807, 2.05) is 0 Å². The first-order valence-corrected chi connectivity index (χ1v) is 9.41. The first kappa shape index (κ1) is 20.6. The Morgan fingerprint density at radius 3 is 2.23 bits per heavy atom. The molecule has 0 aromatic carbocycles. The molecule has 1 atom stereocenters.